The van der Waals surface area contributed by atoms with Gasteiger partial charge in [-0.15, -0.1) is 0 Å². The highest BCUT2D eigenvalue weighted by molar-refractivity contribution is 4.54. The van der Waals surface area contributed by atoms with Gasteiger partial charge in [-0.25, -0.2) is 0 Å². The van der Waals surface area contributed by atoms with E-state index in [-0.39, 0.29) is 0 Å². The van der Waals surface area contributed by atoms with Crippen LogP contribution in [0.1, 0.15) is 52.9 Å². The predicted octanol–water partition coefficient (Wildman–Crippen LogP) is 3.20. The van der Waals surface area contributed by atoms with Crippen LogP contribution in [0.4, 0.5) is 0 Å². The molecule has 0 saturated carbocycles. The summed E-state index contributed by atoms with van der Waals surface area (Å²) in [6.45, 7) is 9.22. The summed E-state index contributed by atoms with van der Waals surface area (Å²) in [5.41, 5.74) is 0. The fourth-order valence-corrected chi connectivity index (χ4v) is 1.17. The van der Waals surface area contributed by atoms with Crippen LogP contribution in [0.2, 0.25) is 0 Å². The van der Waals surface area contributed by atoms with E-state index < -0.39 is 0 Å². The number of rotatable bonds is 8. The molecule has 0 fully saturated rings. The van der Waals surface area contributed by atoms with Crippen molar-refractivity contribution in [2.45, 2.75) is 52.9 Å². The van der Waals surface area contributed by atoms with Gasteiger partial charge in [0.05, 0.1) is 0 Å². The van der Waals surface area contributed by atoms with Gasteiger partial charge in [0, 0.05) is 0 Å². The Morgan fingerprint density at radius 3 is 2.42 bits per heavy atom. The third kappa shape index (κ3) is 8.06. The van der Waals surface area contributed by atoms with Crippen molar-refractivity contribution in [1.82, 2.24) is 5.32 Å². The van der Waals surface area contributed by atoms with Gasteiger partial charge < -0.3 is 5.32 Å². The molecule has 0 rings (SSSR count). The zero-order valence-electron chi connectivity index (χ0n) is 9.03. The van der Waals surface area contributed by atoms with E-state index in [9.17, 15) is 0 Å². The molecule has 0 aliphatic carbocycles. The van der Waals surface area contributed by atoms with Crippen LogP contribution >= 0.6 is 0 Å². The second-order valence-corrected chi connectivity index (χ2v) is 3.78. The molecule has 1 N–H and O–H groups in total. The Morgan fingerprint density at radius 2 is 1.83 bits per heavy atom. The second-order valence-electron chi connectivity index (χ2n) is 3.78. The summed E-state index contributed by atoms with van der Waals surface area (Å²) in [6, 6.07) is 0. The van der Waals surface area contributed by atoms with Crippen LogP contribution in [-0.4, -0.2) is 13.1 Å². The summed E-state index contributed by atoms with van der Waals surface area (Å²) in [7, 11) is 0. The van der Waals surface area contributed by atoms with Gasteiger partial charge in [0.1, 0.15) is 0 Å². The van der Waals surface area contributed by atoms with Crippen molar-refractivity contribution in [2.24, 2.45) is 5.92 Å². The minimum absolute atomic E-state index is 0.844. The van der Waals surface area contributed by atoms with Gasteiger partial charge in [0.2, 0.25) is 0 Å². The maximum atomic E-state index is 3.49. The van der Waals surface area contributed by atoms with Gasteiger partial charge >= 0.3 is 0 Å². The molecule has 0 aromatic rings. The van der Waals surface area contributed by atoms with E-state index >= 15 is 0 Å². The van der Waals surface area contributed by atoms with Gasteiger partial charge in [-0.05, 0) is 25.4 Å². The van der Waals surface area contributed by atoms with Gasteiger partial charge in [0.15, 0.2) is 0 Å². The quantitative estimate of drug-likeness (QED) is 0.553. The van der Waals surface area contributed by atoms with Crippen molar-refractivity contribution in [3.63, 3.8) is 0 Å². The SMILES string of the molecule is CCCCCCNCC(C)CC. The highest BCUT2D eigenvalue weighted by Gasteiger charge is 1.96. The molecule has 12 heavy (non-hydrogen) atoms. The van der Waals surface area contributed by atoms with Crippen molar-refractivity contribution >= 4 is 0 Å². The first-order valence-corrected chi connectivity index (χ1v) is 5.52. The molecule has 0 aliphatic heterocycles. The van der Waals surface area contributed by atoms with E-state index in [2.05, 4.69) is 26.1 Å². The molecule has 0 aliphatic rings. The van der Waals surface area contributed by atoms with Crippen molar-refractivity contribution in [1.29, 1.82) is 0 Å². The largest absolute Gasteiger partial charge is 0.316 e. The zero-order chi connectivity index (χ0) is 9.23. The molecule has 1 unspecified atom stereocenters. The van der Waals surface area contributed by atoms with Crippen LogP contribution in [0.5, 0.6) is 0 Å². The Bertz CT molecular complexity index is 81.1. The summed E-state index contributed by atoms with van der Waals surface area (Å²) in [6.07, 6.45) is 6.77. The summed E-state index contributed by atoms with van der Waals surface area (Å²) >= 11 is 0. The van der Waals surface area contributed by atoms with Gasteiger partial charge in [-0.3, -0.25) is 0 Å². The summed E-state index contributed by atoms with van der Waals surface area (Å²) in [4.78, 5) is 0. The van der Waals surface area contributed by atoms with Gasteiger partial charge in [-0.2, -0.15) is 0 Å². The van der Waals surface area contributed by atoms with E-state index in [0.717, 1.165) is 5.92 Å². The molecule has 74 valence electrons. The van der Waals surface area contributed by atoms with Crippen molar-refractivity contribution < 1.29 is 0 Å². The van der Waals surface area contributed by atoms with Crippen LogP contribution < -0.4 is 5.32 Å². The lowest BCUT2D eigenvalue weighted by Crippen LogP contribution is -2.21. The normalized spacial score (nSPS) is 13.2. The summed E-state index contributed by atoms with van der Waals surface area (Å²) in [5.74, 6) is 0.844. The first-order valence-electron chi connectivity index (χ1n) is 5.52. The molecule has 0 saturated heterocycles. The second kappa shape index (κ2) is 9.05. The molecule has 0 radical (unpaired) electrons. The summed E-state index contributed by atoms with van der Waals surface area (Å²) < 4.78 is 0. The van der Waals surface area contributed by atoms with Crippen LogP contribution in [0.15, 0.2) is 0 Å². The Balaban J connectivity index is 2.90. The predicted molar refractivity (Wildman–Crippen MR) is 56.5 cm³/mol. The Hall–Kier alpha value is -0.0400. The van der Waals surface area contributed by atoms with E-state index in [1.165, 1.54) is 45.2 Å². The maximum Gasteiger partial charge on any atom is -0.00233 e. The van der Waals surface area contributed by atoms with Crippen molar-refractivity contribution in [2.75, 3.05) is 13.1 Å². The molecule has 0 aromatic heterocycles. The highest BCUT2D eigenvalue weighted by atomic mass is 14.8. The lowest BCUT2D eigenvalue weighted by atomic mass is 10.1. The van der Waals surface area contributed by atoms with E-state index in [4.69, 9.17) is 0 Å². The van der Waals surface area contributed by atoms with Gasteiger partial charge in [-0.1, -0.05) is 46.5 Å². The average Bonchev–Trinajstić information content (AvgIpc) is 2.10. The number of hydrogen-bond acceptors (Lipinski definition) is 1. The molecule has 0 bridgehead atoms. The first kappa shape index (κ1) is 12.0. The lowest BCUT2D eigenvalue weighted by Gasteiger charge is -2.09. The molecule has 0 aromatic carbocycles. The molecular formula is C11H25N. The molecule has 1 atom stereocenters. The molecule has 0 spiro atoms. The molecular weight excluding hydrogens is 146 g/mol. The number of unbranched alkanes of at least 4 members (excludes halogenated alkanes) is 3. The fraction of sp³-hybridized carbons (Fsp3) is 1.00. The van der Waals surface area contributed by atoms with Crippen LogP contribution in [0.3, 0.4) is 0 Å². The molecule has 0 amide bonds. The zero-order valence-corrected chi connectivity index (χ0v) is 9.03. The Kier molecular flexibility index (Phi) is 9.02. The highest BCUT2D eigenvalue weighted by Crippen LogP contribution is 1.99. The Labute approximate surface area is 77.9 Å². The van der Waals surface area contributed by atoms with E-state index in [1.54, 1.807) is 0 Å². The standard InChI is InChI=1S/C11H25N/c1-4-6-7-8-9-12-10-11(3)5-2/h11-12H,4-10H2,1-3H3. The third-order valence-electron chi connectivity index (χ3n) is 2.40. The van der Waals surface area contributed by atoms with Crippen LogP contribution in [0, 0.1) is 5.92 Å². The minimum atomic E-state index is 0.844. The third-order valence-corrected chi connectivity index (χ3v) is 2.40. The summed E-state index contributed by atoms with van der Waals surface area (Å²) in [5, 5.41) is 3.49. The van der Waals surface area contributed by atoms with Gasteiger partial charge in [0.25, 0.3) is 0 Å². The smallest absolute Gasteiger partial charge is 0.00233 e. The van der Waals surface area contributed by atoms with E-state index in [1.807, 2.05) is 0 Å². The average molecular weight is 171 g/mol. The first-order chi connectivity index (χ1) is 5.81. The van der Waals surface area contributed by atoms with Crippen LogP contribution in [0.25, 0.3) is 0 Å². The van der Waals surface area contributed by atoms with Crippen molar-refractivity contribution in [3.05, 3.63) is 0 Å². The van der Waals surface area contributed by atoms with Crippen molar-refractivity contribution in [3.8, 4) is 0 Å². The number of hydrogen-bond donors (Lipinski definition) is 1. The fourth-order valence-electron chi connectivity index (χ4n) is 1.17. The van der Waals surface area contributed by atoms with E-state index in [0.29, 0.717) is 0 Å². The Morgan fingerprint density at radius 1 is 1.08 bits per heavy atom. The lowest BCUT2D eigenvalue weighted by molar-refractivity contribution is 0.488. The monoisotopic (exact) mass is 171 g/mol. The van der Waals surface area contributed by atoms with Crippen LogP contribution in [-0.2, 0) is 0 Å². The molecule has 1 nitrogen and oxygen atoms in total. The number of nitrogens with one attached hydrogen (secondary N) is 1. The molecule has 0 heterocycles. The minimum Gasteiger partial charge on any atom is -0.316 e. The topological polar surface area (TPSA) is 12.0 Å². The molecule has 1 heteroatoms. The maximum absolute atomic E-state index is 3.49.